The van der Waals surface area contributed by atoms with Gasteiger partial charge in [0.1, 0.15) is 0 Å². The summed E-state index contributed by atoms with van der Waals surface area (Å²) in [6.07, 6.45) is 0.681. The summed E-state index contributed by atoms with van der Waals surface area (Å²) in [4.78, 5) is 22.0. The van der Waals surface area contributed by atoms with Gasteiger partial charge in [0.05, 0.1) is 12.1 Å². The fourth-order valence-electron chi connectivity index (χ4n) is 2.00. The molecular weight excluding hydrogens is 230 g/mol. The maximum absolute atomic E-state index is 11.2. The van der Waals surface area contributed by atoms with Crippen LogP contribution >= 0.6 is 0 Å². The van der Waals surface area contributed by atoms with E-state index in [9.17, 15) is 9.59 Å². The molecule has 0 fully saturated rings. The van der Waals surface area contributed by atoms with E-state index >= 15 is 0 Å². The molecule has 3 N–H and O–H groups in total. The van der Waals surface area contributed by atoms with E-state index in [1.165, 1.54) is 0 Å². The summed E-state index contributed by atoms with van der Waals surface area (Å²) in [5.41, 5.74) is 10.3. The molecule has 1 atom stereocenters. The van der Waals surface area contributed by atoms with Crippen molar-refractivity contribution in [3.05, 3.63) is 35.4 Å². The Bertz CT molecular complexity index is 505. The molecule has 1 aliphatic heterocycles. The van der Waals surface area contributed by atoms with Gasteiger partial charge >= 0.3 is 0 Å². The van der Waals surface area contributed by atoms with Gasteiger partial charge in [0, 0.05) is 12.3 Å². The second kappa shape index (κ2) is 5.00. The third-order valence-electron chi connectivity index (χ3n) is 2.89. The Morgan fingerprint density at radius 3 is 2.67 bits per heavy atom. The van der Waals surface area contributed by atoms with Crippen LogP contribution in [0.5, 0.6) is 0 Å². The molecule has 1 unspecified atom stereocenters. The number of amides is 2. The summed E-state index contributed by atoms with van der Waals surface area (Å²) in [7, 11) is 0. The maximum atomic E-state index is 11.2. The zero-order chi connectivity index (χ0) is 13.1. The minimum absolute atomic E-state index is 0.0587. The third kappa shape index (κ3) is 2.74. The van der Waals surface area contributed by atoms with Gasteiger partial charge in [-0.05, 0) is 11.1 Å². The molecule has 2 rings (SSSR count). The monoisotopic (exact) mass is 245 g/mol. The Hall–Kier alpha value is -2.17. The second-order valence-electron chi connectivity index (χ2n) is 4.48. The number of primary amides is 1. The lowest BCUT2D eigenvalue weighted by Crippen LogP contribution is -2.31. The SMILES string of the molecule is CC1CC(=O)NN=C1c1ccc(CC(N)=O)cc1. The van der Waals surface area contributed by atoms with Crippen LogP contribution in [-0.4, -0.2) is 17.5 Å². The van der Waals surface area contributed by atoms with Crippen LogP contribution in [0.3, 0.4) is 0 Å². The molecule has 1 aromatic rings. The number of carbonyl (C=O) groups excluding carboxylic acids is 2. The Morgan fingerprint density at radius 1 is 1.44 bits per heavy atom. The maximum Gasteiger partial charge on any atom is 0.240 e. The standard InChI is InChI=1S/C13H15N3O2/c1-8-6-12(18)15-16-13(8)10-4-2-9(3-5-10)7-11(14)17/h2-5,8H,6-7H2,1H3,(H2,14,17)(H,15,18). The Labute approximate surface area is 105 Å². The Balaban J connectivity index is 2.19. The van der Waals surface area contributed by atoms with Crippen molar-refractivity contribution in [3.8, 4) is 0 Å². The van der Waals surface area contributed by atoms with E-state index in [-0.39, 0.29) is 24.2 Å². The van der Waals surface area contributed by atoms with E-state index in [1.807, 2.05) is 31.2 Å². The van der Waals surface area contributed by atoms with Gasteiger partial charge in [0.2, 0.25) is 11.8 Å². The second-order valence-corrected chi connectivity index (χ2v) is 4.48. The van der Waals surface area contributed by atoms with Gasteiger partial charge in [0.15, 0.2) is 0 Å². The molecule has 0 aromatic heterocycles. The highest BCUT2D eigenvalue weighted by Crippen LogP contribution is 2.17. The zero-order valence-corrected chi connectivity index (χ0v) is 10.1. The summed E-state index contributed by atoms with van der Waals surface area (Å²) in [5.74, 6) is -0.310. The predicted octanol–water partition coefficient (Wildman–Crippen LogP) is 0.574. The van der Waals surface area contributed by atoms with E-state index in [0.29, 0.717) is 6.42 Å². The number of carbonyl (C=O) groups is 2. The molecular formula is C13H15N3O2. The molecule has 0 bridgehead atoms. The van der Waals surface area contributed by atoms with E-state index in [0.717, 1.165) is 16.8 Å². The highest BCUT2D eigenvalue weighted by molar-refractivity contribution is 6.05. The van der Waals surface area contributed by atoms with Crippen molar-refractivity contribution in [2.75, 3.05) is 0 Å². The van der Waals surface area contributed by atoms with Gasteiger partial charge in [-0.25, -0.2) is 5.43 Å². The molecule has 0 radical (unpaired) electrons. The average molecular weight is 245 g/mol. The van der Waals surface area contributed by atoms with E-state index in [4.69, 9.17) is 5.73 Å². The van der Waals surface area contributed by atoms with Crippen LogP contribution in [0.4, 0.5) is 0 Å². The Kier molecular flexibility index (Phi) is 3.41. The van der Waals surface area contributed by atoms with E-state index in [1.54, 1.807) is 0 Å². The van der Waals surface area contributed by atoms with Crippen LogP contribution in [0, 0.1) is 5.92 Å². The van der Waals surface area contributed by atoms with Crippen LogP contribution in [0.1, 0.15) is 24.5 Å². The largest absolute Gasteiger partial charge is 0.369 e. The minimum Gasteiger partial charge on any atom is -0.369 e. The quantitative estimate of drug-likeness (QED) is 0.816. The summed E-state index contributed by atoms with van der Waals surface area (Å²) in [6.45, 7) is 1.97. The van der Waals surface area contributed by atoms with Gasteiger partial charge in [0.25, 0.3) is 0 Å². The molecule has 5 heteroatoms. The molecule has 5 nitrogen and oxygen atoms in total. The van der Waals surface area contributed by atoms with Crippen LogP contribution in [-0.2, 0) is 16.0 Å². The van der Waals surface area contributed by atoms with E-state index in [2.05, 4.69) is 10.5 Å². The van der Waals surface area contributed by atoms with Crippen molar-refractivity contribution in [3.63, 3.8) is 0 Å². The van der Waals surface area contributed by atoms with E-state index < -0.39 is 0 Å². The zero-order valence-electron chi connectivity index (χ0n) is 10.1. The van der Waals surface area contributed by atoms with Crippen LogP contribution in [0.25, 0.3) is 0 Å². The summed E-state index contributed by atoms with van der Waals surface area (Å²) < 4.78 is 0. The molecule has 1 heterocycles. The molecule has 0 aliphatic carbocycles. The van der Waals surface area contributed by atoms with Crippen LogP contribution < -0.4 is 11.2 Å². The number of hydrogen-bond acceptors (Lipinski definition) is 3. The molecule has 1 aliphatic rings. The fourth-order valence-corrected chi connectivity index (χ4v) is 2.00. The summed E-state index contributed by atoms with van der Waals surface area (Å²) >= 11 is 0. The molecule has 2 amide bonds. The lowest BCUT2D eigenvalue weighted by atomic mass is 9.93. The van der Waals surface area contributed by atoms with Gasteiger partial charge in [-0.2, -0.15) is 5.10 Å². The first kappa shape index (κ1) is 12.3. The lowest BCUT2D eigenvalue weighted by molar-refractivity contribution is -0.122. The number of hydrazone groups is 1. The van der Waals surface area contributed by atoms with Crippen molar-refractivity contribution in [2.24, 2.45) is 16.8 Å². The van der Waals surface area contributed by atoms with Crippen molar-refractivity contribution < 1.29 is 9.59 Å². The summed E-state index contributed by atoms with van der Waals surface area (Å²) in [6, 6.07) is 7.49. The molecule has 0 saturated heterocycles. The third-order valence-corrected chi connectivity index (χ3v) is 2.89. The van der Waals surface area contributed by atoms with Crippen molar-refractivity contribution in [2.45, 2.75) is 19.8 Å². The number of rotatable bonds is 3. The molecule has 94 valence electrons. The first-order valence-corrected chi connectivity index (χ1v) is 5.80. The minimum atomic E-state index is -0.349. The first-order valence-electron chi connectivity index (χ1n) is 5.80. The highest BCUT2D eigenvalue weighted by atomic mass is 16.2. The fraction of sp³-hybridized carbons (Fsp3) is 0.308. The average Bonchev–Trinajstić information content (AvgIpc) is 2.30. The van der Waals surface area contributed by atoms with Crippen molar-refractivity contribution in [1.82, 2.24) is 5.43 Å². The van der Waals surface area contributed by atoms with Crippen LogP contribution in [0.15, 0.2) is 29.4 Å². The van der Waals surface area contributed by atoms with Crippen LogP contribution in [0.2, 0.25) is 0 Å². The highest BCUT2D eigenvalue weighted by Gasteiger charge is 2.21. The van der Waals surface area contributed by atoms with Gasteiger partial charge in [-0.1, -0.05) is 31.2 Å². The van der Waals surface area contributed by atoms with Gasteiger partial charge in [-0.3, -0.25) is 9.59 Å². The Morgan fingerprint density at radius 2 is 2.11 bits per heavy atom. The van der Waals surface area contributed by atoms with Gasteiger partial charge in [-0.15, -0.1) is 0 Å². The topological polar surface area (TPSA) is 84.6 Å². The number of nitrogens with zero attached hydrogens (tertiary/aromatic N) is 1. The number of nitrogens with two attached hydrogens (primary N) is 1. The lowest BCUT2D eigenvalue weighted by Gasteiger charge is -2.19. The molecule has 1 aromatic carbocycles. The normalized spacial score (nSPS) is 19.1. The number of hydrogen-bond donors (Lipinski definition) is 2. The predicted molar refractivity (Wildman–Crippen MR) is 67.8 cm³/mol. The van der Waals surface area contributed by atoms with Crippen molar-refractivity contribution >= 4 is 17.5 Å². The number of benzene rings is 1. The van der Waals surface area contributed by atoms with Crippen molar-refractivity contribution in [1.29, 1.82) is 0 Å². The number of nitrogens with one attached hydrogen (secondary N) is 1. The smallest absolute Gasteiger partial charge is 0.240 e. The molecule has 0 spiro atoms. The first-order chi connectivity index (χ1) is 8.56. The van der Waals surface area contributed by atoms with Gasteiger partial charge < -0.3 is 5.73 Å². The summed E-state index contributed by atoms with van der Waals surface area (Å²) in [5, 5.41) is 4.08. The molecule has 0 saturated carbocycles. The molecule has 18 heavy (non-hydrogen) atoms.